The Morgan fingerprint density at radius 2 is 1.05 bits per heavy atom. The number of unbranched alkanes of at least 4 members (excludes halogenated alkanes) is 12. The molecule has 0 saturated carbocycles. The van der Waals surface area contributed by atoms with Crippen molar-refractivity contribution in [1.29, 1.82) is 0 Å². The maximum atomic E-state index is 10.5. The van der Waals surface area contributed by atoms with E-state index >= 15 is 0 Å². The van der Waals surface area contributed by atoms with Gasteiger partial charge >= 0.3 is 39.9 Å². The second kappa shape index (κ2) is 17.2. The standard InChI is InChI=1S/C15H33NO3S.Na.H/c1-2-3-4-5-6-7-8-9-10-11-12-13-14-15-19-20(16,17)18;;/h2-15H2,1H3,(H2,16,17,18);;. The van der Waals surface area contributed by atoms with Crippen molar-refractivity contribution in [3.8, 4) is 0 Å². The van der Waals surface area contributed by atoms with Gasteiger partial charge in [0.05, 0.1) is 6.61 Å². The first-order chi connectivity index (χ1) is 9.56. The van der Waals surface area contributed by atoms with Gasteiger partial charge < -0.3 is 0 Å². The summed E-state index contributed by atoms with van der Waals surface area (Å²) in [6.45, 7) is 2.47. The number of hydrogen-bond acceptors (Lipinski definition) is 3. The fraction of sp³-hybridized carbons (Fsp3) is 1.00. The van der Waals surface area contributed by atoms with E-state index in [1.165, 1.54) is 64.2 Å². The molecule has 0 rings (SSSR count). The topological polar surface area (TPSA) is 69.4 Å². The van der Waals surface area contributed by atoms with Gasteiger partial charge in [-0.25, -0.2) is 5.14 Å². The molecule has 0 heterocycles. The molecule has 0 aliphatic heterocycles. The van der Waals surface area contributed by atoms with Gasteiger partial charge in [0, 0.05) is 0 Å². The van der Waals surface area contributed by atoms with Crippen LogP contribution in [-0.2, 0) is 14.5 Å². The van der Waals surface area contributed by atoms with Crippen LogP contribution < -0.4 is 5.14 Å². The summed E-state index contributed by atoms with van der Waals surface area (Å²) in [4.78, 5) is 0. The minimum atomic E-state index is -3.74. The average molecular weight is 331 g/mol. The Labute approximate surface area is 154 Å². The molecule has 0 aromatic rings. The SMILES string of the molecule is CCCCCCCCCCCCCCCOS(N)(=O)=O.[NaH]. The molecule has 0 atom stereocenters. The summed E-state index contributed by atoms with van der Waals surface area (Å²) in [6.07, 6.45) is 16.5. The molecule has 0 fully saturated rings. The van der Waals surface area contributed by atoms with Gasteiger partial charge in [-0.15, -0.1) is 0 Å². The Kier molecular flexibility index (Phi) is 19.8. The molecular formula is C15H34NNaO3S. The molecule has 0 unspecified atom stereocenters. The Bertz CT molecular complexity index is 297. The van der Waals surface area contributed by atoms with Gasteiger partial charge in [0.15, 0.2) is 0 Å². The first-order valence-corrected chi connectivity index (χ1v) is 9.70. The summed E-state index contributed by atoms with van der Waals surface area (Å²) in [5.74, 6) is 0. The van der Waals surface area contributed by atoms with Gasteiger partial charge in [0.2, 0.25) is 0 Å². The van der Waals surface area contributed by atoms with Crippen molar-refractivity contribution in [2.75, 3.05) is 6.61 Å². The van der Waals surface area contributed by atoms with Crippen molar-refractivity contribution in [3.63, 3.8) is 0 Å². The number of nitrogens with two attached hydrogens (primary N) is 1. The van der Waals surface area contributed by atoms with Gasteiger partial charge in [0.1, 0.15) is 0 Å². The van der Waals surface area contributed by atoms with E-state index in [0.717, 1.165) is 19.3 Å². The normalized spacial score (nSPS) is 11.3. The third kappa shape index (κ3) is 23.3. The maximum absolute atomic E-state index is 10.5. The van der Waals surface area contributed by atoms with Crippen LogP contribution >= 0.6 is 0 Å². The van der Waals surface area contributed by atoms with Crippen LogP contribution in [0.4, 0.5) is 0 Å². The van der Waals surface area contributed by atoms with E-state index in [0.29, 0.717) is 0 Å². The van der Waals surface area contributed by atoms with Crippen molar-refractivity contribution < 1.29 is 12.6 Å². The molecule has 0 bridgehead atoms. The van der Waals surface area contributed by atoms with Crippen molar-refractivity contribution in [2.24, 2.45) is 5.14 Å². The van der Waals surface area contributed by atoms with Crippen LogP contribution in [-0.4, -0.2) is 44.6 Å². The molecule has 0 saturated heterocycles. The van der Waals surface area contributed by atoms with Crippen LogP contribution in [0.1, 0.15) is 90.4 Å². The van der Waals surface area contributed by atoms with Crippen LogP contribution in [0.5, 0.6) is 0 Å². The van der Waals surface area contributed by atoms with E-state index < -0.39 is 10.3 Å². The third-order valence-electron chi connectivity index (χ3n) is 3.50. The molecule has 6 heteroatoms. The van der Waals surface area contributed by atoms with Gasteiger partial charge in [-0.2, -0.15) is 8.42 Å². The van der Waals surface area contributed by atoms with E-state index in [-0.39, 0.29) is 36.2 Å². The fourth-order valence-electron chi connectivity index (χ4n) is 2.29. The zero-order chi connectivity index (χ0) is 15.1. The summed E-state index contributed by atoms with van der Waals surface area (Å²) >= 11 is 0. The molecular weight excluding hydrogens is 297 g/mol. The van der Waals surface area contributed by atoms with E-state index in [1.807, 2.05) is 0 Å². The Hall–Kier alpha value is 0.870. The Morgan fingerprint density at radius 1 is 0.714 bits per heavy atom. The van der Waals surface area contributed by atoms with Crippen molar-refractivity contribution in [3.05, 3.63) is 0 Å². The molecule has 0 aliphatic rings. The predicted molar refractivity (Wildman–Crippen MR) is 91.9 cm³/mol. The monoisotopic (exact) mass is 331 g/mol. The molecule has 4 nitrogen and oxygen atoms in total. The molecule has 124 valence electrons. The van der Waals surface area contributed by atoms with Gasteiger partial charge in [-0.1, -0.05) is 84.0 Å². The number of hydrogen-bond donors (Lipinski definition) is 1. The molecule has 0 spiro atoms. The summed E-state index contributed by atoms with van der Waals surface area (Å²) < 4.78 is 25.5. The van der Waals surface area contributed by atoms with Crippen LogP contribution in [0.3, 0.4) is 0 Å². The first-order valence-electron chi connectivity index (χ1n) is 8.23. The van der Waals surface area contributed by atoms with Crippen LogP contribution in [0.2, 0.25) is 0 Å². The second-order valence-electron chi connectivity index (χ2n) is 5.56. The summed E-state index contributed by atoms with van der Waals surface area (Å²) in [5.41, 5.74) is 0. The van der Waals surface area contributed by atoms with Gasteiger partial charge in [-0.05, 0) is 6.42 Å². The average Bonchev–Trinajstić information content (AvgIpc) is 2.38. The van der Waals surface area contributed by atoms with E-state index in [4.69, 9.17) is 5.14 Å². The fourth-order valence-corrected chi connectivity index (χ4v) is 2.65. The molecule has 0 radical (unpaired) electrons. The zero-order valence-electron chi connectivity index (χ0n) is 13.1. The summed E-state index contributed by atoms with van der Waals surface area (Å²) in [6, 6.07) is 0. The Balaban J connectivity index is 0. The van der Waals surface area contributed by atoms with Crippen LogP contribution in [0, 0.1) is 0 Å². The Morgan fingerprint density at radius 3 is 1.38 bits per heavy atom. The minimum absolute atomic E-state index is 0. The second-order valence-corrected chi connectivity index (χ2v) is 6.78. The third-order valence-corrected chi connectivity index (χ3v) is 3.99. The van der Waals surface area contributed by atoms with Crippen LogP contribution in [0.15, 0.2) is 0 Å². The van der Waals surface area contributed by atoms with Crippen molar-refractivity contribution in [2.45, 2.75) is 90.4 Å². The number of rotatable bonds is 15. The molecule has 21 heavy (non-hydrogen) atoms. The zero-order valence-corrected chi connectivity index (χ0v) is 13.9. The summed E-state index contributed by atoms with van der Waals surface area (Å²) in [7, 11) is -3.74. The molecule has 0 aromatic heterocycles. The van der Waals surface area contributed by atoms with Crippen molar-refractivity contribution >= 4 is 39.9 Å². The van der Waals surface area contributed by atoms with E-state index in [2.05, 4.69) is 11.1 Å². The van der Waals surface area contributed by atoms with E-state index in [9.17, 15) is 8.42 Å². The first kappa shape index (κ1) is 24.1. The van der Waals surface area contributed by atoms with Crippen LogP contribution in [0.25, 0.3) is 0 Å². The van der Waals surface area contributed by atoms with Gasteiger partial charge in [-0.3, -0.25) is 4.18 Å². The predicted octanol–water partition coefficient (Wildman–Crippen LogP) is 3.65. The van der Waals surface area contributed by atoms with Crippen molar-refractivity contribution in [1.82, 2.24) is 0 Å². The summed E-state index contributed by atoms with van der Waals surface area (Å²) in [5, 5.41) is 4.73. The van der Waals surface area contributed by atoms with Gasteiger partial charge in [0.25, 0.3) is 0 Å². The molecule has 0 aromatic carbocycles. The molecule has 0 amide bonds. The van der Waals surface area contributed by atoms with E-state index in [1.54, 1.807) is 0 Å². The molecule has 0 aliphatic carbocycles. The molecule has 2 N–H and O–H groups in total. The quantitative estimate of drug-likeness (QED) is 0.368.